The van der Waals surface area contributed by atoms with Gasteiger partial charge in [-0.05, 0) is 65.2 Å². The molecule has 1 N–H and O–H groups in total. The number of fused-ring (bicyclic) bond motifs is 1. The second-order valence-electron chi connectivity index (χ2n) is 14.4. The van der Waals surface area contributed by atoms with Crippen LogP contribution in [0, 0.1) is 0 Å². The van der Waals surface area contributed by atoms with Crippen LogP contribution in [0.4, 0.5) is 17.1 Å². The molecule has 7 aromatic carbocycles. The number of hydrogen-bond donors (Lipinski definition) is 1. The van der Waals surface area contributed by atoms with E-state index >= 15 is 0 Å². The molecule has 0 spiro atoms. The predicted octanol–water partition coefficient (Wildman–Crippen LogP) is 13.5. The third-order valence-electron chi connectivity index (χ3n) is 10.7. The highest BCUT2D eigenvalue weighted by Crippen LogP contribution is 2.37. The lowest BCUT2D eigenvalue weighted by molar-refractivity contribution is 1.03. The minimum atomic E-state index is 0.744. The molecule has 3 aromatic heterocycles. The minimum Gasteiger partial charge on any atom is -0.337 e. The van der Waals surface area contributed by atoms with Crippen LogP contribution in [0.25, 0.3) is 61.9 Å². The van der Waals surface area contributed by atoms with Crippen LogP contribution in [-0.4, -0.2) is 19.4 Å². The summed E-state index contributed by atoms with van der Waals surface area (Å²) in [7, 11) is 0. The summed E-state index contributed by atoms with van der Waals surface area (Å²) in [5, 5.41) is 0. The van der Waals surface area contributed by atoms with Gasteiger partial charge in [0.1, 0.15) is 11.5 Å². The molecule has 0 saturated carbocycles. The van der Waals surface area contributed by atoms with E-state index in [-0.39, 0.29) is 0 Å². The van der Waals surface area contributed by atoms with Gasteiger partial charge in [0, 0.05) is 51.9 Å². The molecule has 5 heteroatoms. The van der Waals surface area contributed by atoms with Gasteiger partial charge in [-0.2, -0.15) is 0 Å². The second kappa shape index (κ2) is 15.4. The van der Waals surface area contributed by atoms with E-state index in [4.69, 9.17) is 9.97 Å². The third kappa shape index (κ3) is 6.86. The average molecular weight is 746 g/mol. The summed E-state index contributed by atoms with van der Waals surface area (Å²) >= 11 is 0. The van der Waals surface area contributed by atoms with Crippen molar-refractivity contribution in [1.29, 1.82) is 0 Å². The zero-order valence-corrected chi connectivity index (χ0v) is 31.8. The first-order chi connectivity index (χ1) is 28.7. The lowest BCUT2D eigenvalue weighted by Gasteiger charge is -2.25. The molecule has 0 amide bonds. The van der Waals surface area contributed by atoms with E-state index in [9.17, 15) is 0 Å². The standard InChI is InChI=1S/C53H39N5/c1-6-16-38(17-7-1)36-48-50(42-30-33-47(34-31-42)58(45-22-12-4-13-23-45)46-24-14-5-15-25-46)54-49-35-32-44(37-57(48)49)39-26-28-43(29-27-39)53-55-51(40-18-8-2-9-19-40)52(56-53)41-20-10-3-11-21-41/h1-35,37H,36H2,(H,55,56). The van der Waals surface area contributed by atoms with E-state index in [2.05, 4.69) is 221 Å². The first-order valence-electron chi connectivity index (χ1n) is 19.6. The van der Waals surface area contributed by atoms with Crippen molar-refractivity contribution in [2.24, 2.45) is 0 Å². The highest BCUT2D eigenvalue weighted by Gasteiger charge is 2.19. The van der Waals surface area contributed by atoms with Crippen LogP contribution >= 0.6 is 0 Å². The lowest BCUT2D eigenvalue weighted by atomic mass is 10.0. The Hall–Kier alpha value is -7.76. The fraction of sp³-hybridized carbons (Fsp3) is 0.0189. The van der Waals surface area contributed by atoms with Crippen LogP contribution in [0.3, 0.4) is 0 Å². The number of rotatable bonds is 10. The van der Waals surface area contributed by atoms with Crippen LogP contribution in [0.15, 0.2) is 219 Å². The Bertz CT molecular complexity index is 2820. The number of nitrogens with one attached hydrogen (secondary N) is 1. The summed E-state index contributed by atoms with van der Waals surface area (Å²) in [6, 6.07) is 74.2. The average Bonchev–Trinajstić information content (AvgIpc) is 3.91. The zero-order chi connectivity index (χ0) is 38.7. The lowest BCUT2D eigenvalue weighted by Crippen LogP contribution is -2.09. The van der Waals surface area contributed by atoms with Gasteiger partial charge in [-0.15, -0.1) is 0 Å². The summed E-state index contributed by atoms with van der Waals surface area (Å²) in [6.45, 7) is 0. The molecule has 58 heavy (non-hydrogen) atoms. The molecule has 10 aromatic rings. The van der Waals surface area contributed by atoms with Gasteiger partial charge in [-0.3, -0.25) is 0 Å². The molecular weight excluding hydrogens is 707 g/mol. The number of nitrogens with zero attached hydrogens (tertiary/aromatic N) is 4. The van der Waals surface area contributed by atoms with Crippen LogP contribution < -0.4 is 4.90 Å². The molecular formula is C53H39N5. The molecule has 0 atom stereocenters. The molecule has 5 nitrogen and oxygen atoms in total. The molecule has 0 unspecified atom stereocenters. The maximum atomic E-state index is 5.26. The summed E-state index contributed by atoms with van der Waals surface area (Å²) < 4.78 is 2.27. The maximum absolute atomic E-state index is 5.26. The van der Waals surface area contributed by atoms with Crippen molar-refractivity contribution in [3.63, 3.8) is 0 Å². The largest absolute Gasteiger partial charge is 0.337 e. The summed E-state index contributed by atoms with van der Waals surface area (Å²) in [4.78, 5) is 16.3. The van der Waals surface area contributed by atoms with Crippen LogP contribution in [-0.2, 0) is 6.42 Å². The number of aromatic amines is 1. The number of imidazole rings is 2. The monoisotopic (exact) mass is 745 g/mol. The van der Waals surface area contributed by atoms with Crippen molar-refractivity contribution in [2.45, 2.75) is 6.42 Å². The highest BCUT2D eigenvalue weighted by molar-refractivity contribution is 5.82. The Balaban J connectivity index is 1.01. The predicted molar refractivity (Wildman–Crippen MR) is 238 cm³/mol. The second-order valence-corrected chi connectivity index (χ2v) is 14.4. The topological polar surface area (TPSA) is 49.2 Å². The summed E-state index contributed by atoms with van der Waals surface area (Å²) in [5.41, 5.74) is 16.1. The number of pyridine rings is 1. The summed E-state index contributed by atoms with van der Waals surface area (Å²) in [5.74, 6) is 0.839. The first kappa shape index (κ1) is 34.7. The molecule has 10 rings (SSSR count). The Kier molecular flexibility index (Phi) is 9.22. The molecule has 0 aliphatic carbocycles. The molecule has 0 aliphatic rings. The summed E-state index contributed by atoms with van der Waals surface area (Å²) in [6.07, 6.45) is 2.97. The van der Waals surface area contributed by atoms with Crippen molar-refractivity contribution < 1.29 is 0 Å². The van der Waals surface area contributed by atoms with E-state index in [1.54, 1.807) is 0 Å². The van der Waals surface area contributed by atoms with Gasteiger partial charge < -0.3 is 14.3 Å². The van der Waals surface area contributed by atoms with Crippen LogP contribution in [0.2, 0.25) is 0 Å². The number of anilines is 3. The van der Waals surface area contributed by atoms with E-state index in [0.29, 0.717) is 0 Å². The fourth-order valence-corrected chi connectivity index (χ4v) is 7.77. The SMILES string of the molecule is c1ccc(Cc2c(-c3ccc(N(c4ccccc4)c4ccccc4)cc3)nc3ccc(-c4ccc(-c5nc(-c6ccccc6)c(-c6ccccc6)[nH]5)cc4)cn23)cc1. The molecule has 0 fully saturated rings. The Morgan fingerprint density at radius 2 is 0.879 bits per heavy atom. The van der Waals surface area contributed by atoms with Gasteiger partial charge in [-0.25, -0.2) is 9.97 Å². The van der Waals surface area contributed by atoms with Crippen LogP contribution in [0.1, 0.15) is 11.3 Å². The van der Waals surface area contributed by atoms with Gasteiger partial charge in [0.05, 0.1) is 22.8 Å². The molecule has 0 saturated heterocycles. The Labute approximate surface area is 338 Å². The fourth-order valence-electron chi connectivity index (χ4n) is 7.77. The smallest absolute Gasteiger partial charge is 0.138 e. The number of para-hydroxylation sites is 2. The molecule has 3 heterocycles. The number of benzene rings is 7. The van der Waals surface area contributed by atoms with Gasteiger partial charge >= 0.3 is 0 Å². The van der Waals surface area contributed by atoms with Crippen molar-refractivity contribution in [2.75, 3.05) is 4.90 Å². The molecule has 276 valence electrons. The number of hydrogen-bond acceptors (Lipinski definition) is 3. The van der Waals surface area contributed by atoms with Crippen molar-refractivity contribution >= 4 is 22.7 Å². The molecule has 0 radical (unpaired) electrons. The van der Waals surface area contributed by atoms with Crippen LogP contribution in [0.5, 0.6) is 0 Å². The van der Waals surface area contributed by atoms with Crippen molar-refractivity contribution in [1.82, 2.24) is 19.4 Å². The van der Waals surface area contributed by atoms with Gasteiger partial charge in [0.15, 0.2) is 0 Å². The van der Waals surface area contributed by atoms with Gasteiger partial charge in [0.25, 0.3) is 0 Å². The van der Waals surface area contributed by atoms with E-state index in [1.165, 1.54) is 5.56 Å². The van der Waals surface area contributed by atoms with E-state index < -0.39 is 0 Å². The number of H-pyrrole nitrogens is 1. The Morgan fingerprint density at radius 1 is 0.397 bits per heavy atom. The maximum Gasteiger partial charge on any atom is 0.138 e. The van der Waals surface area contributed by atoms with Gasteiger partial charge in [0.2, 0.25) is 0 Å². The Morgan fingerprint density at radius 3 is 1.50 bits per heavy atom. The highest BCUT2D eigenvalue weighted by atomic mass is 15.1. The van der Waals surface area contributed by atoms with E-state index in [1.807, 2.05) is 12.1 Å². The molecule has 0 aliphatic heterocycles. The zero-order valence-electron chi connectivity index (χ0n) is 31.8. The number of aromatic nitrogens is 4. The van der Waals surface area contributed by atoms with Gasteiger partial charge in [-0.1, -0.05) is 164 Å². The quantitative estimate of drug-likeness (QED) is 0.152. The van der Waals surface area contributed by atoms with Crippen molar-refractivity contribution in [3.05, 3.63) is 230 Å². The van der Waals surface area contributed by atoms with E-state index in [0.717, 1.165) is 91.1 Å². The van der Waals surface area contributed by atoms with Crippen molar-refractivity contribution in [3.8, 4) is 56.3 Å². The molecule has 0 bridgehead atoms. The first-order valence-corrected chi connectivity index (χ1v) is 19.6. The minimum absolute atomic E-state index is 0.744. The third-order valence-corrected chi connectivity index (χ3v) is 10.7. The normalized spacial score (nSPS) is 11.2.